The molecule has 0 bridgehead atoms. The fourth-order valence-electron chi connectivity index (χ4n) is 2.35. The predicted molar refractivity (Wildman–Crippen MR) is 107 cm³/mol. The lowest BCUT2D eigenvalue weighted by Crippen LogP contribution is -2.19. The number of allylic oxidation sites excluding steroid dienone is 6. The molecule has 0 rings (SSSR count). The maximum absolute atomic E-state index is 13.8. The first-order valence-electron chi connectivity index (χ1n) is 8.80. The molecule has 0 spiro atoms. The summed E-state index contributed by atoms with van der Waals surface area (Å²) in [7, 11) is -9.89. The normalized spacial score (nSPS) is 16.2. The Morgan fingerprint density at radius 2 is 1.37 bits per heavy atom. The maximum atomic E-state index is 13.8. The van der Waals surface area contributed by atoms with Crippen molar-refractivity contribution >= 4 is 15.0 Å². The average Bonchev–Trinajstić information content (AvgIpc) is 2.53. The van der Waals surface area contributed by atoms with Gasteiger partial charge in [0.2, 0.25) is 0 Å². The lowest BCUT2D eigenvalue weighted by molar-refractivity contribution is 0.119. The molecule has 5 nitrogen and oxygen atoms in total. The molecular formula is C18H32F2O5P2. The second-order valence-electron chi connectivity index (χ2n) is 6.88. The minimum atomic E-state index is -5.87. The van der Waals surface area contributed by atoms with E-state index in [4.69, 9.17) is 9.79 Å². The smallest absolute Gasteiger partial charge is 0.327 e. The molecule has 0 heterocycles. The first-order valence-corrected chi connectivity index (χ1v) is 12.2. The van der Waals surface area contributed by atoms with Crippen LogP contribution in [-0.2, 0) is 13.7 Å². The minimum absolute atomic E-state index is 0.00416. The van der Waals surface area contributed by atoms with E-state index in [-0.39, 0.29) is 6.42 Å². The summed E-state index contributed by atoms with van der Waals surface area (Å²) >= 11 is 0. The topological polar surface area (TPSA) is 83.8 Å². The van der Waals surface area contributed by atoms with E-state index in [0.717, 1.165) is 38.4 Å². The summed E-state index contributed by atoms with van der Waals surface area (Å²) < 4.78 is 55.0. The summed E-state index contributed by atoms with van der Waals surface area (Å²) in [5.74, 6) is 0. The van der Waals surface area contributed by atoms with Crippen LogP contribution in [0.5, 0.6) is 0 Å². The van der Waals surface area contributed by atoms with Crippen LogP contribution < -0.4 is 0 Å². The van der Waals surface area contributed by atoms with Crippen molar-refractivity contribution in [3.8, 4) is 0 Å². The average molecular weight is 428 g/mol. The molecule has 0 aromatic heterocycles. The summed E-state index contributed by atoms with van der Waals surface area (Å²) in [6.45, 7) is 8.03. The van der Waals surface area contributed by atoms with Crippen LogP contribution >= 0.6 is 15.0 Å². The molecule has 0 aromatic carbocycles. The Hall–Kier alpha value is -0.580. The van der Waals surface area contributed by atoms with Crippen molar-refractivity contribution in [1.82, 2.24) is 0 Å². The van der Waals surface area contributed by atoms with Crippen molar-refractivity contribution in [3.63, 3.8) is 0 Å². The third kappa shape index (κ3) is 8.97. The van der Waals surface area contributed by atoms with Crippen LogP contribution in [-0.4, -0.2) is 28.5 Å². The standard InChI is InChI=1S/C18H32F2O5P2/c1-15(2)9-6-10-16(3)11-7-12-17(4)13-8-14-26(21,25-5)18(19,20)27(22,23)24/h9,11,13H,6-8,10,12,14H2,1-5H3,(H2,22,23,24). The van der Waals surface area contributed by atoms with E-state index in [9.17, 15) is 17.9 Å². The lowest BCUT2D eigenvalue weighted by atomic mass is 10.1. The molecule has 0 saturated carbocycles. The van der Waals surface area contributed by atoms with Crippen LogP contribution in [0.1, 0.15) is 59.8 Å². The van der Waals surface area contributed by atoms with Gasteiger partial charge in [0.05, 0.1) is 0 Å². The number of rotatable bonds is 12. The number of hydrogen-bond donors (Lipinski definition) is 2. The van der Waals surface area contributed by atoms with Gasteiger partial charge in [-0.25, -0.2) is 0 Å². The van der Waals surface area contributed by atoms with Crippen molar-refractivity contribution < 1.29 is 32.2 Å². The Labute approximate surface area is 161 Å². The van der Waals surface area contributed by atoms with Crippen molar-refractivity contribution in [3.05, 3.63) is 34.9 Å². The second kappa shape index (κ2) is 11.4. The Kier molecular flexibility index (Phi) is 11.2. The molecule has 0 aliphatic heterocycles. The van der Waals surface area contributed by atoms with Crippen molar-refractivity contribution in [2.75, 3.05) is 13.3 Å². The highest BCUT2D eigenvalue weighted by Crippen LogP contribution is 2.74. The Morgan fingerprint density at radius 1 is 0.926 bits per heavy atom. The van der Waals surface area contributed by atoms with Gasteiger partial charge in [-0.15, -0.1) is 0 Å². The van der Waals surface area contributed by atoms with Gasteiger partial charge in [-0.1, -0.05) is 34.9 Å². The zero-order valence-electron chi connectivity index (χ0n) is 16.7. The van der Waals surface area contributed by atoms with Gasteiger partial charge in [-0.2, -0.15) is 8.78 Å². The van der Waals surface area contributed by atoms with E-state index in [2.05, 4.69) is 37.4 Å². The molecule has 0 aliphatic carbocycles. The Morgan fingerprint density at radius 3 is 1.78 bits per heavy atom. The molecule has 1 atom stereocenters. The lowest BCUT2D eigenvalue weighted by Gasteiger charge is -2.25. The first-order chi connectivity index (χ1) is 12.3. The van der Waals surface area contributed by atoms with Crippen LogP contribution in [0, 0.1) is 0 Å². The minimum Gasteiger partial charge on any atom is -0.327 e. The molecule has 0 saturated heterocycles. The monoisotopic (exact) mass is 428 g/mol. The van der Waals surface area contributed by atoms with Crippen LogP contribution in [0.3, 0.4) is 0 Å². The van der Waals surface area contributed by atoms with E-state index < -0.39 is 26.5 Å². The van der Waals surface area contributed by atoms with Crippen LogP contribution in [0.15, 0.2) is 34.9 Å². The van der Waals surface area contributed by atoms with Gasteiger partial charge in [-0.3, -0.25) is 9.13 Å². The molecule has 0 aromatic rings. The molecule has 0 fully saturated rings. The Balaban J connectivity index is 4.64. The summed E-state index contributed by atoms with van der Waals surface area (Å²) in [6.07, 6.45) is 8.87. The molecule has 0 radical (unpaired) electrons. The van der Waals surface area contributed by atoms with E-state index in [1.807, 2.05) is 6.92 Å². The second-order valence-corrected chi connectivity index (χ2v) is 11.6. The Bertz CT molecular complexity index is 659. The van der Waals surface area contributed by atoms with Crippen molar-refractivity contribution in [2.24, 2.45) is 0 Å². The van der Waals surface area contributed by atoms with Gasteiger partial charge in [0.25, 0.3) is 7.37 Å². The molecule has 9 heteroatoms. The zero-order valence-corrected chi connectivity index (χ0v) is 18.5. The summed E-state index contributed by atoms with van der Waals surface area (Å²) in [6, 6.07) is 0. The third-order valence-corrected chi connectivity index (χ3v) is 8.75. The van der Waals surface area contributed by atoms with Crippen molar-refractivity contribution in [2.45, 2.75) is 65.2 Å². The molecule has 158 valence electrons. The quantitative estimate of drug-likeness (QED) is 0.276. The highest BCUT2D eigenvalue weighted by atomic mass is 31.2. The number of hydrogen-bond acceptors (Lipinski definition) is 3. The highest BCUT2D eigenvalue weighted by molar-refractivity contribution is 7.75. The molecule has 1 unspecified atom stereocenters. The summed E-state index contributed by atoms with van der Waals surface area (Å²) in [5, 5.41) is -4.68. The van der Waals surface area contributed by atoms with Gasteiger partial charge in [-0.05, 0) is 59.8 Å². The molecule has 0 aliphatic rings. The van der Waals surface area contributed by atoms with E-state index >= 15 is 0 Å². The third-order valence-electron chi connectivity index (χ3n) is 4.09. The van der Waals surface area contributed by atoms with Gasteiger partial charge in [0.1, 0.15) is 0 Å². The maximum Gasteiger partial charge on any atom is 0.417 e. The zero-order chi connectivity index (χ0) is 21.3. The van der Waals surface area contributed by atoms with Crippen LogP contribution in [0.2, 0.25) is 0 Å². The fraction of sp³-hybridized carbons (Fsp3) is 0.667. The summed E-state index contributed by atoms with van der Waals surface area (Å²) in [4.78, 5) is 17.5. The van der Waals surface area contributed by atoms with Crippen LogP contribution in [0.4, 0.5) is 8.78 Å². The highest BCUT2D eigenvalue weighted by Gasteiger charge is 2.63. The first kappa shape index (κ1) is 26.4. The van der Waals surface area contributed by atoms with Crippen LogP contribution in [0.25, 0.3) is 0 Å². The molecular weight excluding hydrogens is 396 g/mol. The van der Waals surface area contributed by atoms with E-state index in [1.54, 1.807) is 6.08 Å². The predicted octanol–water partition coefficient (Wildman–Crippen LogP) is 6.45. The van der Waals surface area contributed by atoms with E-state index in [0.29, 0.717) is 0 Å². The number of alkyl halides is 2. The largest absolute Gasteiger partial charge is 0.417 e. The van der Waals surface area contributed by atoms with Gasteiger partial charge in [0, 0.05) is 13.3 Å². The fourth-order valence-corrected chi connectivity index (χ4v) is 5.63. The van der Waals surface area contributed by atoms with Gasteiger partial charge >= 0.3 is 13.0 Å². The van der Waals surface area contributed by atoms with Gasteiger partial charge < -0.3 is 14.3 Å². The molecule has 0 amide bonds. The number of halogens is 2. The van der Waals surface area contributed by atoms with Crippen molar-refractivity contribution in [1.29, 1.82) is 0 Å². The van der Waals surface area contributed by atoms with Gasteiger partial charge in [0.15, 0.2) is 0 Å². The summed E-state index contributed by atoms with van der Waals surface area (Å²) in [5.41, 5.74) is 3.51. The molecule has 2 N–H and O–H groups in total. The van der Waals surface area contributed by atoms with E-state index in [1.165, 1.54) is 11.1 Å². The molecule has 27 heavy (non-hydrogen) atoms. The SMILES string of the molecule is COP(=O)(CCC=C(C)CCC=C(C)CCC=C(C)C)C(F)(F)P(=O)(O)O.